The molecule has 3 heteroatoms. The van der Waals surface area contributed by atoms with Crippen LogP contribution >= 0.6 is 0 Å². The molecule has 0 saturated carbocycles. The van der Waals surface area contributed by atoms with Crippen LogP contribution in [0.25, 0.3) is 0 Å². The van der Waals surface area contributed by atoms with Gasteiger partial charge in [0.05, 0.1) is 18.2 Å². The highest BCUT2D eigenvalue weighted by atomic mass is 16.5. The van der Waals surface area contributed by atoms with Crippen LogP contribution in [0, 0.1) is 0 Å². The van der Waals surface area contributed by atoms with Crippen LogP contribution in [-0.4, -0.2) is 23.9 Å². The maximum absolute atomic E-state index is 9.87. The lowest BCUT2D eigenvalue weighted by Gasteiger charge is -2.28. The first kappa shape index (κ1) is 13.0. The van der Waals surface area contributed by atoms with Crippen LogP contribution in [0.3, 0.4) is 0 Å². The van der Waals surface area contributed by atoms with Crippen LogP contribution in [0.2, 0.25) is 0 Å². The molecule has 1 aromatic rings. The first-order valence-corrected chi connectivity index (χ1v) is 5.51. The van der Waals surface area contributed by atoms with Gasteiger partial charge in [-0.2, -0.15) is 0 Å². The van der Waals surface area contributed by atoms with Gasteiger partial charge in [-0.05, 0) is 26.8 Å². The molecule has 0 heterocycles. The second kappa shape index (κ2) is 5.32. The Morgan fingerprint density at radius 1 is 1.38 bits per heavy atom. The Labute approximate surface area is 97.4 Å². The molecule has 0 fully saturated rings. The van der Waals surface area contributed by atoms with Gasteiger partial charge < -0.3 is 15.2 Å². The van der Waals surface area contributed by atoms with Gasteiger partial charge in [-0.15, -0.1) is 0 Å². The molecule has 1 unspecified atom stereocenters. The Hall–Kier alpha value is -1.06. The fourth-order valence-corrected chi connectivity index (χ4v) is 1.35. The van der Waals surface area contributed by atoms with Crippen LogP contribution in [-0.2, 0) is 11.3 Å². The Kier molecular flexibility index (Phi) is 4.33. The van der Waals surface area contributed by atoms with Crippen molar-refractivity contribution < 1.29 is 9.84 Å². The third-order valence-corrected chi connectivity index (χ3v) is 2.75. The van der Waals surface area contributed by atoms with Gasteiger partial charge in [0.2, 0.25) is 0 Å². The van der Waals surface area contributed by atoms with E-state index in [2.05, 4.69) is 5.32 Å². The molecule has 16 heavy (non-hydrogen) atoms. The average molecular weight is 223 g/mol. The summed E-state index contributed by atoms with van der Waals surface area (Å²) in [5.74, 6) is 0. The zero-order chi connectivity index (χ0) is 12.2. The highest BCUT2D eigenvalue weighted by molar-refractivity contribution is 5.51. The van der Waals surface area contributed by atoms with E-state index in [1.807, 2.05) is 31.2 Å². The van der Waals surface area contributed by atoms with Gasteiger partial charge >= 0.3 is 0 Å². The summed E-state index contributed by atoms with van der Waals surface area (Å²) < 4.78 is 5.13. The second-order valence-electron chi connectivity index (χ2n) is 4.61. The fourth-order valence-electron chi connectivity index (χ4n) is 1.35. The van der Waals surface area contributed by atoms with E-state index in [1.54, 1.807) is 21.0 Å². The molecule has 1 aromatic carbocycles. The zero-order valence-corrected chi connectivity index (χ0v) is 10.4. The maximum Gasteiger partial charge on any atom is 0.0789 e. The molecule has 2 N–H and O–H groups in total. The van der Waals surface area contributed by atoms with E-state index in [1.165, 1.54) is 0 Å². The summed E-state index contributed by atoms with van der Waals surface area (Å²) in [5.41, 5.74) is 1.36. The third-order valence-electron chi connectivity index (χ3n) is 2.75. The standard InChI is InChI=1S/C13H21NO2/c1-10(13(2,3)15)14-12-8-6-5-7-11(12)9-16-4/h5-8,10,14-15H,9H2,1-4H3. The van der Waals surface area contributed by atoms with Gasteiger partial charge in [0.1, 0.15) is 0 Å². The predicted octanol–water partition coefficient (Wildman–Crippen LogP) is 2.40. The third kappa shape index (κ3) is 3.51. The largest absolute Gasteiger partial charge is 0.388 e. The Morgan fingerprint density at radius 2 is 2.00 bits per heavy atom. The molecular weight excluding hydrogens is 202 g/mol. The number of anilines is 1. The molecule has 0 bridgehead atoms. The molecule has 0 saturated heterocycles. The van der Waals surface area contributed by atoms with Gasteiger partial charge in [0.25, 0.3) is 0 Å². The number of benzene rings is 1. The summed E-state index contributed by atoms with van der Waals surface area (Å²) in [6, 6.07) is 7.94. The van der Waals surface area contributed by atoms with Crippen LogP contribution < -0.4 is 5.32 Å². The predicted molar refractivity (Wildman–Crippen MR) is 66.5 cm³/mol. The topological polar surface area (TPSA) is 41.5 Å². The lowest BCUT2D eigenvalue weighted by atomic mass is 10.00. The molecule has 1 atom stereocenters. The van der Waals surface area contributed by atoms with E-state index in [4.69, 9.17) is 4.74 Å². The fraction of sp³-hybridized carbons (Fsp3) is 0.538. The van der Waals surface area contributed by atoms with Crippen LogP contribution in [0.1, 0.15) is 26.3 Å². The number of methoxy groups -OCH3 is 1. The molecule has 0 spiro atoms. The molecule has 0 amide bonds. The SMILES string of the molecule is COCc1ccccc1NC(C)C(C)(C)O. The summed E-state index contributed by atoms with van der Waals surface area (Å²) >= 11 is 0. The molecule has 0 radical (unpaired) electrons. The minimum Gasteiger partial charge on any atom is -0.388 e. The van der Waals surface area contributed by atoms with E-state index in [9.17, 15) is 5.11 Å². The van der Waals surface area contributed by atoms with Gasteiger partial charge in [-0.1, -0.05) is 18.2 Å². The first-order chi connectivity index (χ1) is 7.45. The average Bonchev–Trinajstić information content (AvgIpc) is 2.20. The quantitative estimate of drug-likeness (QED) is 0.805. The van der Waals surface area contributed by atoms with Crippen molar-refractivity contribution in [3.63, 3.8) is 0 Å². The van der Waals surface area contributed by atoms with Crippen LogP contribution in [0.5, 0.6) is 0 Å². The van der Waals surface area contributed by atoms with Crippen molar-refractivity contribution >= 4 is 5.69 Å². The number of aliphatic hydroxyl groups is 1. The summed E-state index contributed by atoms with van der Waals surface area (Å²) in [7, 11) is 1.68. The van der Waals surface area contributed by atoms with E-state index >= 15 is 0 Å². The first-order valence-electron chi connectivity index (χ1n) is 5.51. The van der Waals surface area contributed by atoms with E-state index < -0.39 is 5.60 Å². The van der Waals surface area contributed by atoms with Crippen molar-refractivity contribution in [2.75, 3.05) is 12.4 Å². The van der Waals surface area contributed by atoms with Crippen molar-refractivity contribution in [1.29, 1.82) is 0 Å². The summed E-state index contributed by atoms with van der Waals surface area (Å²) in [6.45, 7) is 6.12. The Bertz CT molecular complexity index is 331. The van der Waals surface area contributed by atoms with E-state index in [-0.39, 0.29) is 6.04 Å². The van der Waals surface area contributed by atoms with Crippen molar-refractivity contribution in [3.05, 3.63) is 29.8 Å². The molecule has 1 rings (SSSR count). The normalized spacial score (nSPS) is 13.6. The zero-order valence-electron chi connectivity index (χ0n) is 10.4. The number of rotatable bonds is 5. The minimum atomic E-state index is -0.750. The summed E-state index contributed by atoms with van der Waals surface area (Å²) in [4.78, 5) is 0. The molecule has 3 nitrogen and oxygen atoms in total. The van der Waals surface area contributed by atoms with E-state index in [0.717, 1.165) is 11.3 Å². The number of para-hydroxylation sites is 1. The highest BCUT2D eigenvalue weighted by Crippen LogP contribution is 2.20. The van der Waals surface area contributed by atoms with Crippen molar-refractivity contribution in [3.8, 4) is 0 Å². The van der Waals surface area contributed by atoms with Crippen molar-refractivity contribution in [1.82, 2.24) is 0 Å². The van der Waals surface area contributed by atoms with Gasteiger partial charge in [0, 0.05) is 18.4 Å². The number of hydrogen-bond donors (Lipinski definition) is 2. The number of hydrogen-bond acceptors (Lipinski definition) is 3. The summed E-state index contributed by atoms with van der Waals surface area (Å²) in [5, 5.41) is 13.2. The smallest absolute Gasteiger partial charge is 0.0789 e. The number of ether oxygens (including phenoxy) is 1. The monoisotopic (exact) mass is 223 g/mol. The molecule has 0 aliphatic heterocycles. The molecule has 0 aliphatic rings. The Balaban J connectivity index is 2.80. The number of nitrogens with one attached hydrogen (secondary N) is 1. The molecular formula is C13H21NO2. The summed E-state index contributed by atoms with van der Waals surface area (Å²) in [6.07, 6.45) is 0. The van der Waals surface area contributed by atoms with Crippen molar-refractivity contribution in [2.45, 2.75) is 39.0 Å². The second-order valence-corrected chi connectivity index (χ2v) is 4.61. The van der Waals surface area contributed by atoms with Crippen molar-refractivity contribution in [2.24, 2.45) is 0 Å². The Morgan fingerprint density at radius 3 is 2.56 bits per heavy atom. The highest BCUT2D eigenvalue weighted by Gasteiger charge is 2.22. The van der Waals surface area contributed by atoms with Crippen LogP contribution in [0.15, 0.2) is 24.3 Å². The van der Waals surface area contributed by atoms with Crippen LogP contribution in [0.4, 0.5) is 5.69 Å². The minimum absolute atomic E-state index is 0.0227. The van der Waals surface area contributed by atoms with Gasteiger partial charge in [0.15, 0.2) is 0 Å². The lowest BCUT2D eigenvalue weighted by molar-refractivity contribution is 0.0648. The maximum atomic E-state index is 9.87. The molecule has 0 aliphatic carbocycles. The molecule has 90 valence electrons. The van der Waals surface area contributed by atoms with E-state index in [0.29, 0.717) is 6.61 Å². The molecule has 0 aromatic heterocycles. The van der Waals surface area contributed by atoms with Gasteiger partial charge in [-0.25, -0.2) is 0 Å². The lowest BCUT2D eigenvalue weighted by Crippen LogP contribution is -2.39. The van der Waals surface area contributed by atoms with Gasteiger partial charge in [-0.3, -0.25) is 0 Å².